The van der Waals surface area contributed by atoms with Crippen LogP contribution in [0, 0.1) is 11.5 Å². The molecule has 1 aliphatic heterocycles. The number of carbonyl (C=O) groups is 1. The molecule has 21 heavy (non-hydrogen) atoms. The molecule has 1 aromatic heterocycles. The van der Waals surface area contributed by atoms with E-state index < -0.39 is 0 Å². The molecule has 2 aliphatic rings. The second kappa shape index (κ2) is 6.31. The molecule has 0 aromatic carbocycles. The zero-order valence-corrected chi connectivity index (χ0v) is 12.7. The molecule has 2 N–H and O–H groups in total. The Morgan fingerprint density at radius 1 is 1.38 bits per heavy atom. The van der Waals surface area contributed by atoms with Crippen LogP contribution in [-0.4, -0.2) is 35.0 Å². The number of anilines is 1. The predicted molar refractivity (Wildman–Crippen MR) is 81.1 cm³/mol. The van der Waals surface area contributed by atoms with Crippen molar-refractivity contribution in [2.75, 3.05) is 18.4 Å². The predicted octanol–water partition coefficient (Wildman–Crippen LogP) is 2.48. The van der Waals surface area contributed by atoms with Crippen molar-refractivity contribution in [2.24, 2.45) is 0 Å². The van der Waals surface area contributed by atoms with Crippen molar-refractivity contribution in [2.45, 2.75) is 44.1 Å². The second-order valence-electron chi connectivity index (χ2n) is 5.69. The molecule has 6 nitrogen and oxygen atoms in total. The van der Waals surface area contributed by atoms with E-state index >= 15 is 0 Å². The van der Waals surface area contributed by atoms with Crippen LogP contribution in [0.3, 0.4) is 0 Å². The van der Waals surface area contributed by atoms with E-state index in [-0.39, 0.29) is 12.1 Å². The summed E-state index contributed by atoms with van der Waals surface area (Å²) in [5.41, 5.74) is 0. The van der Waals surface area contributed by atoms with E-state index in [0.29, 0.717) is 24.1 Å². The molecular formula is C14H19N5OS. The van der Waals surface area contributed by atoms with E-state index in [1.54, 1.807) is 16.2 Å². The number of likely N-dealkylation sites (tertiary alicyclic amines) is 1. The second-order valence-corrected chi connectivity index (χ2v) is 6.75. The van der Waals surface area contributed by atoms with E-state index in [1.165, 1.54) is 37.0 Å². The van der Waals surface area contributed by atoms with Gasteiger partial charge in [-0.2, -0.15) is 5.26 Å². The van der Waals surface area contributed by atoms with Gasteiger partial charge < -0.3 is 10.2 Å². The molecule has 0 spiro atoms. The summed E-state index contributed by atoms with van der Waals surface area (Å²) in [4.78, 5) is 19.3. The number of urea groups is 1. The molecule has 7 heteroatoms. The molecular weight excluding hydrogens is 286 g/mol. The van der Waals surface area contributed by atoms with Crippen molar-refractivity contribution < 1.29 is 4.79 Å². The Hall–Kier alpha value is -1.81. The van der Waals surface area contributed by atoms with Crippen LogP contribution in [-0.2, 0) is 0 Å². The van der Waals surface area contributed by atoms with Crippen LogP contribution in [0.25, 0.3) is 0 Å². The van der Waals surface area contributed by atoms with Gasteiger partial charge in [-0.05, 0) is 18.8 Å². The SMILES string of the molecule is N#CNC1CN(C(=O)Nc2ncc(C3CCCCC3)s2)C1. The summed E-state index contributed by atoms with van der Waals surface area (Å²) in [6.07, 6.45) is 10.2. The first-order valence-electron chi connectivity index (χ1n) is 7.42. The van der Waals surface area contributed by atoms with Crippen molar-refractivity contribution in [1.29, 1.82) is 5.26 Å². The van der Waals surface area contributed by atoms with E-state index in [9.17, 15) is 4.79 Å². The lowest BCUT2D eigenvalue weighted by atomic mass is 9.89. The maximum atomic E-state index is 12.0. The van der Waals surface area contributed by atoms with Gasteiger partial charge in [0.25, 0.3) is 0 Å². The number of hydrogen-bond acceptors (Lipinski definition) is 5. The van der Waals surface area contributed by atoms with Crippen molar-refractivity contribution in [1.82, 2.24) is 15.2 Å². The Bertz CT molecular complexity index is 540. The zero-order valence-electron chi connectivity index (χ0n) is 11.8. The monoisotopic (exact) mass is 305 g/mol. The molecule has 2 fully saturated rings. The highest BCUT2D eigenvalue weighted by atomic mass is 32.1. The third-order valence-corrected chi connectivity index (χ3v) is 5.26. The number of hydrogen-bond donors (Lipinski definition) is 2. The van der Waals surface area contributed by atoms with Crippen LogP contribution < -0.4 is 10.6 Å². The normalized spacial score (nSPS) is 19.7. The number of rotatable bonds is 3. The summed E-state index contributed by atoms with van der Waals surface area (Å²) < 4.78 is 0. The van der Waals surface area contributed by atoms with Gasteiger partial charge in [-0.25, -0.2) is 9.78 Å². The highest BCUT2D eigenvalue weighted by Crippen LogP contribution is 2.36. The Morgan fingerprint density at radius 3 is 2.86 bits per heavy atom. The van der Waals surface area contributed by atoms with Crippen LogP contribution in [0.5, 0.6) is 0 Å². The fourth-order valence-electron chi connectivity index (χ4n) is 2.92. The lowest BCUT2D eigenvalue weighted by molar-refractivity contribution is 0.156. The molecule has 1 saturated heterocycles. The van der Waals surface area contributed by atoms with Crippen molar-refractivity contribution in [3.8, 4) is 6.19 Å². The number of aromatic nitrogens is 1. The molecule has 112 valence electrons. The Balaban J connectivity index is 1.50. The highest BCUT2D eigenvalue weighted by molar-refractivity contribution is 7.15. The minimum absolute atomic E-state index is 0.0924. The average molecular weight is 305 g/mol. The van der Waals surface area contributed by atoms with E-state index in [0.717, 1.165) is 0 Å². The molecule has 0 atom stereocenters. The summed E-state index contributed by atoms with van der Waals surface area (Å²) in [7, 11) is 0. The lowest BCUT2D eigenvalue weighted by Crippen LogP contribution is -2.59. The first-order valence-corrected chi connectivity index (χ1v) is 8.24. The van der Waals surface area contributed by atoms with Crippen molar-refractivity contribution >= 4 is 22.5 Å². The lowest BCUT2D eigenvalue weighted by Gasteiger charge is -2.37. The fourth-order valence-corrected chi connectivity index (χ4v) is 3.89. The molecule has 1 aliphatic carbocycles. The van der Waals surface area contributed by atoms with Gasteiger partial charge in [-0.1, -0.05) is 19.3 Å². The van der Waals surface area contributed by atoms with Crippen LogP contribution in [0.15, 0.2) is 6.20 Å². The molecule has 0 bridgehead atoms. The molecule has 1 aromatic rings. The molecule has 0 unspecified atom stereocenters. The minimum atomic E-state index is -0.129. The van der Waals surface area contributed by atoms with Gasteiger partial charge in [0.2, 0.25) is 0 Å². The van der Waals surface area contributed by atoms with Gasteiger partial charge in [0.15, 0.2) is 11.3 Å². The van der Waals surface area contributed by atoms with E-state index in [4.69, 9.17) is 5.26 Å². The van der Waals surface area contributed by atoms with Gasteiger partial charge in [-0.3, -0.25) is 5.32 Å². The van der Waals surface area contributed by atoms with E-state index in [2.05, 4.69) is 15.6 Å². The van der Waals surface area contributed by atoms with Crippen LogP contribution in [0.1, 0.15) is 42.9 Å². The molecule has 2 heterocycles. The summed E-state index contributed by atoms with van der Waals surface area (Å²) in [5, 5.41) is 14.7. The smallest absolute Gasteiger partial charge is 0.320 e. The molecule has 0 radical (unpaired) electrons. The Morgan fingerprint density at radius 2 is 2.14 bits per heavy atom. The number of nitrogens with one attached hydrogen (secondary N) is 2. The van der Waals surface area contributed by atoms with E-state index in [1.807, 2.05) is 12.4 Å². The van der Waals surface area contributed by atoms with Crippen LogP contribution in [0.4, 0.5) is 9.93 Å². The van der Waals surface area contributed by atoms with Crippen LogP contribution in [0.2, 0.25) is 0 Å². The van der Waals surface area contributed by atoms with Crippen LogP contribution >= 0.6 is 11.3 Å². The molecule has 2 amide bonds. The van der Waals surface area contributed by atoms with Crippen molar-refractivity contribution in [3.63, 3.8) is 0 Å². The largest absolute Gasteiger partial charge is 0.323 e. The Kier molecular flexibility index (Phi) is 4.25. The topological polar surface area (TPSA) is 81.0 Å². The minimum Gasteiger partial charge on any atom is -0.320 e. The molecule has 1 saturated carbocycles. The van der Waals surface area contributed by atoms with Gasteiger partial charge in [0.05, 0.1) is 6.04 Å². The first kappa shape index (κ1) is 14.1. The van der Waals surface area contributed by atoms with Crippen molar-refractivity contribution in [3.05, 3.63) is 11.1 Å². The highest BCUT2D eigenvalue weighted by Gasteiger charge is 2.30. The van der Waals surface area contributed by atoms with Gasteiger partial charge in [-0.15, -0.1) is 11.3 Å². The quantitative estimate of drug-likeness (QED) is 0.664. The number of amides is 2. The summed E-state index contributed by atoms with van der Waals surface area (Å²) in [6.45, 7) is 1.14. The number of nitriles is 1. The van der Waals surface area contributed by atoms with Gasteiger partial charge in [0, 0.05) is 24.2 Å². The standard InChI is InChI=1S/C14H19N5OS/c15-9-17-11-7-19(8-11)14(20)18-13-16-6-12(21-13)10-4-2-1-3-5-10/h6,10-11,17H,1-5,7-8H2,(H,16,18,20). The average Bonchev–Trinajstić information content (AvgIpc) is 2.91. The first-order chi connectivity index (χ1) is 10.3. The molecule has 3 rings (SSSR count). The third-order valence-electron chi connectivity index (χ3n) is 4.18. The summed E-state index contributed by atoms with van der Waals surface area (Å²) in [5.74, 6) is 0.620. The summed E-state index contributed by atoms with van der Waals surface area (Å²) >= 11 is 1.59. The van der Waals surface area contributed by atoms with Gasteiger partial charge in [0.1, 0.15) is 0 Å². The summed E-state index contributed by atoms with van der Waals surface area (Å²) in [6, 6.07) is -0.0367. The van der Waals surface area contributed by atoms with Gasteiger partial charge >= 0.3 is 6.03 Å². The number of thiazole rings is 1. The zero-order chi connectivity index (χ0) is 14.7. The maximum absolute atomic E-state index is 12.0. The third kappa shape index (κ3) is 3.27. The number of carbonyl (C=O) groups excluding carboxylic acids is 1. The fraction of sp³-hybridized carbons (Fsp3) is 0.643. The Labute approximate surface area is 128 Å². The number of nitrogens with zero attached hydrogens (tertiary/aromatic N) is 3. The maximum Gasteiger partial charge on any atom is 0.323 e.